The second-order valence-electron chi connectivity index (χ2n) is 9.25. The number of ether oxygens (including phenoxy) is 2. The minimum atomic E-state index is -0.342. The molecule has 6 heteroatoms. The second-order valence-corrected chi connectivity index (χ2v) is 9.25. The summed E-state index contributed by atoms with van der Waals surface area (Å²) in [5.74, 6) is 0.298. The van der Waals surface area contributed by atoms with Crippen LogP contribution >= 0.6 is 0 Å². The van der Waals surface area contributed by atoms with Crippen molar-refractivity contribution in [2.45, 2.75) is 73.1 Å². The predicted molar refractivity (Wildman–Crippen MR) is 129 cm³/mol. The summed E-state index contributed by atoms with van der Waals surface area (Å²) in [4.78, 5) is 24.5. The van der Waals surface area contributed by atoms with Crippen molar-refractivity contribution in [1.82, 2.24) is 4.90 Å². The van der Waals surface area contributed by atoms with Gasteiger partial charge in [-0.1, -0.05) is 30.3 Å². The third-order valence-corrected chi connectivity index (χ3v) is 5.66. The molecular weight excluding hydrogens is 418 g/mol. The van der Waals surface area contributed by atoms with E-state index < -0.39 is 0 Å². The van der Waals surface area contributed by atoms with Gasteiger partial charge in [0.25, 0.3) is 12.4 Å². The summed E-state index contributed by atoms with van der Waals surface area (Å²) in [6.07, 6.45) is 0.449. The molecule has 2 aromatic rings. The number of rotatable bonds is 6. The number of carbonyl (C=O) groups excluding carboxylic acids is 2. The molecule has 6 nitrogen and oxygen atoms in total. The van der Waals surface area contributed by atoms with Gasteiger partial charge in [-0.15, -0.1) is 0 Å². The maximum atomic E-state index is 13.4. The average Bonchev–Trinajstić information content (AvgIpc) is 2.74. The van der Waals surface area contributed by atoms with Gasteiger partial charge in [0, 0.05) is 24.2 Å². The number of nitrogens with zero attached hydrogens (tertiary/aromatic N) is 1. The minimum absolute atomic E-state index is 0.0370. The molecule has 1 aliphatic heterocycles. The van der Waals surface area contributed by atoms with Gasteiger partial charge in [0.05, 0.1) is 18.3 Å². The molecule has 0 radical (unpaired) electrons. The molecule has 1 heterocycles. The number of hydrogen-bond acceptors (Lipinski definition) is 5. The Kier molecular flexibility index (Phi) is 9.06. The van der Waals surface area contributed by atoms with Gasteiger partial charge in [-0.05, 0) is 77.1 Å². The third kappa shape index (κ3) is 6.57. The van der Waals surface area contributed by atoms with Gasteiger partial charge in [-0.3, -0.25) is 9.59 Å². The van der Waals surface area contributed by atoms with Crippen molar-refractivity contribution in [2.24, 2.45) is 0 Å². The molecular formula is C27H37NO5. The van der Waals surface area contributed by atoms with Gasteiger partial charge in [0.15, 0.2) is 0 Å². The van der Waals surface area contributed by atoms with Gasteiger partial charge >= 0.3 is 0 Å². The van der Waals surface area contributed by atoms with Crippen LogP contribution in [0.1, 0.15) is 78.9 Å². The van der Waals surface area contributed by atoms with E-state index in [1.54, 1.807) is 6.92 Å². The second kappa shape index (κ2) is 11.3. The quantitative estimate of drug-likeness (QED) is 0.601. The first kappa shape index (κ1) is 26.4. The van der Waals surface area contributed by atoms with Crippen molar-refractivity contribution in [3.63, 3.8) is 0 Å². The van der Waals surface area contributed by atoms with Crippen LogP contribution in [0.5, 0.6) is 5.75 Å². The molecule has 0 fully saturated rings. The molecule has 1 unspecified atom stereocenters. The van der Waals surface area contributed by atoms with Gasteiger partial charge in [0.2, 0.25) is 0 Å². The maximum absolute atomic E-state index is 13.4. The van der Waals surface area contributed by atoms with E-state index in [2.05, 4.69) is 4.74 Å². The van der Waals surface area contributed by atoms with Gasteiger partial charge in [-0.2, -0.15) is 0 Å². The maximum Gasteiger partial charge on any atom is 0.293 e. The number of amides is 1. The molecule has 0 aliphatic carbocycles. The van der Waals surface area contributed by atoms with Crippen LogP contribution in [-0.4, -0.2) is 41.1 Å². The fraction of sp³-hybridized carbons (Fsp3) is 0.481. The molecule has 33 heavy (non-hydrogen) atoms. The van der Waals surface area contributed by atoms with Crippen LogP contribution in [0, 0.1) is 13.8 Å². The normalized spacial score (nSPS) is 14.2. The fourth-order valence-electron chi connectivity index (χ4n) is 4.29. The Labute approximate surface area is 197 Å². The fourth-order valence-corrected chi connectivity index (χ4v) is 4.29. The van der Waals surface area contributed by atoms with Gasteiger partial charge in [0.1, 0.15) is 5.75 Å². The highest BCUT2D eigenvalue weighted by molar-refractivity contribution is 5.99. The molecule has 1 amide bonds. The van der Waals surface area contributed by atoms with Crippen LogP contribution in [0.25, 0.3) is 0 Å². The standard InChI is InChI=1S/C24H31NO3.C3H6O2/c1-15-19-12-13-25(14-18-10-8-7-9-11-18)23(27)21(19)16(2)20(22(15)26)17(3)28-24(4,5)6;1-2-5-3-4/h7-11,17,26H,12-14H2,1-6H3;3H,2H2,1H3. The lowest BCUT2D eigenvalue weighted by atomic mass is 9.85. The monoisotopic (exact) mass is 455 g/mol. The number of carbonyl (C=O) groups is 2. The Morgan fingerprint density at radius 3 is 2.30 bits per heavy atom. The summed E-state index contributed by atoms with van der Waals surface area (Å²) in [5, 5.41) is 10.9. The van der Waals surface area contributed by atoms with Crippen molar-refractivity contribution in [3.8, 4) is 5.75 Å². The minimum Gasteiger partial charge on any atom is -0.507 e. The Morgan fingerprint density at radius 2 is 1.79 bits per heavy atom. The molecule has 3 rings (SSSR count). The van der Waals surface area contributed by atoms with Crippen molar-refractivity contribution in [2.75, 3.05) is 13.2 Å². The lowest BCUT2D eigenvalue weighted by molar-refractivity contribution is -0.128. The van der Waals surface area contributed by atoms with E-state index in [0.717, 1.165) is 39.8 Å². The summed E-state index contributed by atoms with van der Waals surface area (Å²) >= 11 is 0. The lowest BCUT2D eigenvalue weighted by Gasteiger charge is -2.34. The first-order valence-electron chi connectivity index (χ1n) is 11.4. The van der Waals surface area contributed by atoms with Crippen LogP contribution in [0.15, 0.2) is 30.3 Å². The molecule has 1 N–H and O–H groups in total. The highest BCUT2D eigenvalue weighted by atomic mass is 16.5. The molecule has 0 spiro atoms. The summed E-state index contributed by atoms with van der Waals surface area (Å²) in [5.41, 5.74) is 4.84. The average molecular weight is 456 g/mol. The van der Waals surface area contributed by atoms with Crippen LogP contribution in [0.3, 0.4) is 0 Å². The number of hydrogen-bond donors (Lipinski definition) is 1. The Balaban J connectivity index is 0.000000696. The van der Waals surface area contributed by atoms with Gasteiger partial charge < -0.3 is 19.5 Å². The zero-order valence-electron chi connectivity index (χ0n) is 20.9. The van der Waals surface area contributed by atoms with Crippen molar-refractivity contribution in [3.05, 3.63) is 63.7 Å². The highest BCUT2D eigenvalue weighted by Gasteiger charge is 2.33. The Morgan fingerprint density at radius 1 is 1.15 bits per heavy atom. The summed E-state index contributed by atoms with van der Waals surface area (Å²) < 4.78 is 10.3. The molecule has 0 saturated carbocycles. The number of phenols is 1. The first-order valence-corrected chi connectivity index (χ1v) is 11.4. The lowest BCUT2D eigenvalue weighted by Crippen LogP contribution is -2.38. The van der Waals surface area contributed by atoms with Crippen LogP contribution < -0.4 is 0 Å². The molecule has 180 valence electrons. The van der Waals surface area contributed by atoms with E-state index in [1.165, 1.54) is 0 Å². The third-order valence-electron chi connectivity index (χ3n) is 5.66. The number of fused-ring (bicyclic) bond motifs is 1. The van der Waals surface area contributed by atoms with Crippen LogP contribution in [0.4, 0.5) is 0 Å². The van der Waals surface area contributed by atoms with E-state index in [9.17, 15) is 14.7 Å². The van der Waals surface area contributed by atoms with E-state index in [0.29, 0.717) is 26.2 Å². The summed E-state index contributed by atoms with van der Waals surface area (Å²) in [6, 6.07) is 10.1. The number of aromatic hydroxyl groups is 1. The largest absolute Gasteiger partial charge is 0.507 e. The Hall–Kier alpha value is -2.86. The first-order chi connectivity index (χ1) is 15.5. The zero-order chi connectivity index (χ0) is 24.8. The molecule has 0 bridgehead atoms. The predicted octanol–water partition coefficient (Wildman–Crippen LogP) is 5.26. The zero-order valence-corrected chi connectivity index (χ0v) is 20.9. The highest BCUT2D eigenvalue weighted by Crippen LogP contribution is 2.41. The number of benzene rings is 2. The SMILES string of the molecule is CCOC=O.Cc1c(O)c(C(C)OC(C)(C)C)c(C)c2c1CCN(Cc1ccccc1)C2=O. The molecule has 2 aromatic carbocycles. The van der Waals surface area contributed by atoms with Crippen LogP contribution in [-0.2, 0) is 27.2 Å². The smallest absolute Gasteiger partial charge is 0.293 e. The van der Waals surface area contributed by atoms with E-state index in [4.69, 9.17) is 4.74 Å². The molecule has 0 saturated heterocycles. The summed E-state index contributed by atoms with van der Waals surface area (Å²) in [7, 11) is 0. The van der Waals surface area contributed by atoms with E-state index in [1.807, 2.05) is 76.8 Å². The van der Waals surface area contributed by atoms with Crippen molar-refractivity contribution < 1.29 is 24.2 Å². The molecule has 1 aliphatic rings. The van der Waals surface area contributed by atoms with Crippen molar-refractivity contribution >= 4 is 12.4 Å². The van der Waals surface area contributed by atoms with E-state index >= 15 is 0 Å². The van der Waals surface area contributed by atoms with Gasteiger partial charge in [-0.25, -0.2) is 0 Å². The molecule has 1 atom stereocenters. The van der Waals surface area contributed by atoms with Crippen LogP contribution in [0.2, 0.25) is 0 Å². The Bertz CT molecular complexity index is 963. The molecule has 0 aromatic heterocycles. The topological polar surface area (TPSA) is 76.1 Å². The van der Waals surface area contributed by atoms with Crippen molar-refractivity contribution in [1.29, 1.82) is 0 Å². The number of phenolic OH excluding ortho intramolecular Hbond substituents is 1. The summed E-state index contributed by atoms with van der Waals surface area (Å²) in [6.45, 7) is 15.7. The van der Waals surface area contributed by atoms with E-state index in [-0.39, 0.29) is 23.4 Å².